The topological polar surface area (TPSA) is 201 Å². The molecular weight excluding hydrogens is 808 g/mol. The highest BCUT2D eigenvalue weighted by atomic mass is 16.7. The number of aliphatic hydroxyl groups is 3. The average molecular weight is 885 g/mol. The van der Waals surface area contributed by atoms with Gasteiger partial charge in [-0.15, -0.1) is 0 Å². The number of ether oxygens (including phenoxy) is 9. The number of methoxy groups -OCH3 is 1. The molecule has 0 spiro atoms. The lowest BCUT2D eigenvalue weighted by molar-refractivity contribution is -0.344. The van der Waals surface area contributed by atoms with E-state index in [1.54, 1.807) is 39.8 Å². The molecule has 2 unspecified atom stereocenters. The molecule has 356 valence electrons. The number of nitrogens with zero attached hydrogens (tertiary/aromatic N) is 2. The number of cyclic esters (lactones) is 1. The van der Waals surface area contributed by atoms with Crippen molar-refractivity contribution in [3.63, 3.8) is 0 Å². The fourth-order valence-corrected chi connectivity index (χ4v) is 9.40. The Labute approximate surface area is 368 Å². The molecule has 4 aliphatic heterocycles. The van der Waals surface area contributed by atoms with Gasteiger partial charge in [0, 0.05) is 39.3 Å². The molecule has 62 heavy (non-hydrogen) atoms. The molecule has 3 fully saturated rings. The summed E-state index contributed by atoms with van der Waals surface area (Å²) in [5.74, 6) is -2.21. The first-order valence-electron chi connectivity index (χ1n) is 22.2. The maximum atomic E-state index is 13.4. The Morgan fingerprint density at radius 3 is 2.19 bits per heavy atom. The normalized spacial score (nSPS) is 44.0. The maximum absolute atomic E-state index is 13.4. The molecule has 17 heteroatoms. The van der Waals surface area contributed by atoms with E-state index >= 15 is 0 Å². The lowest BCUT2D eigenvalue weighted by atomic mass is 9.82. The molecule has 19 atom stereocenters. The number of aliphatic hydroxyl groups excluding tert-OH is 2. The van der Waals surface area contributed by atoms with Crippen LogP contribution in [0.15, 0.2) is 24.3 Å². The van der Waals surface area contributed by atoms with Crippen molar-refractivity contribution in [3.05, 3.63) is 24.3 Å². The molecular formula is C45H76N2O15. The minimum Gasteiger partial charge on any atom is -0.462 e. The van der Waals surface area contributed by atoms with Crippen LogP contribution in [0.1, 0.15) is 93.4 Å². The predicted octanol–water partition coefficient (Wildman–Crippen LogP) is 2.90. The molecule has 0 radical (unpaired) electrons. The van der Waals surface area contributed by atoms with Crippen LogP contribution in [0.5, 0.6) is 0 Å². The van der Waals surface area contributed by atoms with Gasteiger partial charge in [-0.05, 0) is 93.9 Å². The number of carbonyl (C=O) groups is 3. The fraction of sp³-hybridized carbons (Fsp3) is 0.844. The minimum atomic E-state index is -1.49. The zero-order valence-electron chi connectivity index (χ0n) is 38.9. The number of allylic oxidation sites excluding steroid dienone is 2. The van der Waals surface area contributed by atoms with Crippen molar-refractivity contribution in [2.75, 3.05) is 35.3 Å². The van der Waals surface area contributed by atoms with E-state index in [-0.39, 0.29) is 37.3 Å². The molecule has 4 aliphatic rings. The predicted molar refractivity (Wildman–Crippen MR) is 226 cm³/mol. The maximum Gasteiger partial charge on any atom is 0.309 e. The summed E-state index contributed by atoms with van der Waals surface area (Å²) in [6.45, 7) is 12.0. The van der Waals surface area contributed by atoms with Gasteiger partial charge in [0.05, 0.1) is 48.6 Å². The number of hydrogen-bond acceptors (Lipinski definition) is 17. The van der Waals surface area contributed by atoms with E-state index in [0.717, 1.165) is 12.7 Å². The number of likely N-dealkylation sites (N-methyl/N-ethyl adjacent to an activating group) is 2. The first-order chi connectivity index (χ1) is 29.2. The monoisotopic (exact) mass is 885 g/mol. The molecule has 4 rings (SSSR count). The number of rotatable bonds is 12. The van der Waals surface area contributed by atoms with E-state index in [0.29, 0.717) is 19.3 Å². The summed E-state index contributed by atoms with van der Waals surface area (Å²) in [6.07, 6.45) is -1.81. The molecule has 0 aromatic heterocycles. The molecule has 0 aliphatic carbocycles. The van der Waals surface area contributed by atoms with Crippen molar-refractivity contribution in [2.24, 2.45) is 11.8 Å². The Hall–Kier alpha value is -2.39. The Kier molecular flexibility index (Phi) is 20.0. The summed E-state index contributed by atoms with van der Waals surface area (Å²) in [6, 6.07) is -0.509. The highest BCUT2D eigenvalue weighted by Crippen LogP contribution is 2.38. The summed E-state index contributed by atoms with van der Waals surface area (Å²) in [5.41, 5.74) is -1.49. The lowest BCUT2D eigenvalue weighted by Crippen LogP contribution is -2.65. The second-order valence-corrected chi connectivity index (χ2v) is 18.4. The third-order valence-corrected chi connectivity index (χ3v) is 12.7. The smallest absolute Gasteiger partial charge is 0.309 e. The first kappa shape index (κ1) is 52.2. The van der Waals surface area contributed by atoms with E-state index in [1.165, 1.54) is 21.0 Å². The number of aldehydes is 1. The zero-order valence-corrected chi connectivity index (χ0v) is 38.9. The summed E-state index contributed by atoms with van der Waals surface area (Å²) >= 11 is 0. The van der Waals surface area contributed by atoms with Crippen molar-refractivity contribution >= 4 is 18.2 Å². The van der Waals surface area contributed by atoms with E-state index in [4.69, 9.17) is 42.6 Å². The summed E-state index contributed by atoms with van der Waals surface area (Å²) < 4.78 is 56.3. The molecule has 0 aromatic rings. The van der Waals surface area contributed by atoms with Crippen LogP contribution in [0.25, 0.3) is 0 Å². The van der Waals surface area contributed by atoms with Crippen molar-refractivity contribution in [3.8, 4) is 0 Å². The highest BCUT2D eigenvalue weighted by Gasteiger charge is 2.52. The molecule has 0 saturated carbocycles. The number of carbonyl (C=O) groups excluding carboxylic acids is 3. The quantitative estimate of drug-likeness (QED) is 0.191. The van der Waals surface area contributed by atoms with Gasteiger partial charge in [-0.2, -0.15) is 0 Å². The average Bonchev–Trinajstić information content (AvgIpc) is 3.16. The Balaban J connectivity index is 1.73. The second kappa shape index (κ2) is 23.7. The van der Waals surface area contributed by atoms with Crippen LogP contribution in [-0.2, 0) is 57.0 Å². The number of hydrogen-bond donors (Lipinski definition) is 3. The van der Waals surface area contributed by atoms with Crippen molar-refractivity contribution < 1.29 is 72.3 Å². The van der Waals surface area contributed by atoms with E-state index in [9.17, 15) is 29.7 Å². The van der Waals surface area contributed by atoms with Gasteiger partial charge in [-0.25, -0.2) is 0 Å². The van der Waals surface area contributed by atoms with Crippen molar-refractivity contribution in [1.82, 2.24) is 9.80 Å². The van der Waals surface area contributed by atoms with Gasteiger partial charge in [0.25, 0.3) is 0 Å². The second-order valence-electron chi connectivity index (χ2n) is 18.4. The summed E-state index contributed by atoms with van der Waals surface area (Å²) in [7, 11) is 9.02. The molecule has 3 saturated heterocycles. The van der Waals surface area contributed by atoms with Crippen LogP contribution >= 0.6 is 0 Å². The first-order valence-corrected chi connectivity index (χ1v) is 22.2. The van der Waals surface area contributed by atoms with Crippen LogP contribution < -0.4 is 0 Å². The van der Waals surface area contributed by atoms with Gasteiger partial charge in [0.1, 0.15) is 42.9 Å². The van der Waals surface area contributed by atoms with Gasteiger partial charge < -0.3 is 72.5 Å². The van der Waals surface area contributed by atoms with Crippen molar-refractivity contribution in [1.29, 1.82) is 0 Å². The van der Waals surface area contributed by atoms with Crippen LogP contribution in [0.2, 0.25) is 0 Å². The third-order valence-electron chi connectivity index (χ3n) is 12.7. The Morgan fingerprint density at radius 1 is 0.903 bits per heavy atom. The van der Waals surface area contributed by atoms with Crippen LogP contribution in [0.4, 0.5) is 0 Å². The summed E-state index contributed by atoms with van der Waals surface area (Å²) in [4.78, 5) is 42.7. The molecule has 0 bridgehead atoms. The third kappa shape index (κ3) is 14.1. The van der Waals surface area contributed by atoms with Crippen LogP contribution in [0, 0.1) is 11.8 Å². The standard InChI is InChI=1S/C45H76N2O15/c1-25-22-31(20-21-48)41(62-44-39(51)38(47(10)11)40(28(4)58-44)61-37-24-45(7,53)43(52)29(5)57-37)42(54-12)34(59-30(6)49)23-35(50)55-26(2)16-14-13-15-17-33(25)60-36-19-18-32(46(8)9)27(3)56-36/h13-15,17,21,25-29,31-34,36-44,51-53H,16,18-20,22-24H2,1-12H3/b14-13-,17-15+/t25-,26-,27-,28-,29+,31+,32+,33?,34-,36+,37+,38-,39-,40-,41?,42+,43+,44+,45-/m1/s1. The Bertz CT molecular complexity index is 1480. The van der Waals surface area contributed by atoms with E-state index < -0.39 is 109 Å². The highest BCUT2D eigenvalue weighted by molar-refractivity contribution is 5.72. The van der Waals surface area contributed by atoms with Gasteiger partial charge in [0.2, 0.25) is 0 Å². The number of esters is 2. The fourth-order valence-electron chi connectivity index (χ4n) is 9.40. The molecule has 4 heterocycles. The van der Waals surface area contributed by atoms with Crippen LogP contribution in [0.3, 0.4) is 0 Å². The SMILES string of the molecule is CO[C@@H]1C(O[C@@H]2O[C@H](C)[C@@H](O[C@H]3C[C@@](C)(O)[C@@H](O)[C@H](C)O3)[C@H](N(C)C)[C@H]2O)[C@@H](CC=O)C[C@@H](C)C(O[C@H]2CC[C@H](N(C)C)[C@@H](C)O2)/C=C/C=C\C[C@@H](C)OC(=O)C[C@H]1OC(C)=O. The molecule has 0 aromatic carbocycles. The molecule has 17 nitrogen and oxygen atoms in total. The zero-order chi connectivity index (χ0) is 46.1. The minimum absolute atomic E-state index is 0.0293. The van der Waals surface area contributed by atoms with Gasteiger partial charge >= 0.3 is 11.9 Å². The van der Waals surface area contributed by atoms with E-state index in [1.807, 2.05) is 52.2 Å². The van der Waals surface area contributed by atoms with Gasteiger partial charge in [-0.3, -0.25) is 9.59 Å². The largest absolute Gasteiger partial charge is 0.462 e. The molecule has 0 amide bonds. The molecule has 3 N–H and O–H groups in total. The van der Waals surface area contributed by atoms with Gasteiger partial charge in [0.15, 0.2) is 18.9 Å². The van der Waals surface area contributed by atoms with E-state index in [2.05, 4.69) is 4.90 Å². The van der Waals surface area contributed by atoms with Crippen molar-refractivity contribution in [2.45, 2.75) is 197 Å². The summed E-state index contributed by atoms with van der Waals surface area (Å²) in [5, 5.41) is 33.6. The Morgan fingerprint density at radius 2 is 1.60 bits per heavy atom. The lowest BCUT2D eigenvalue weighted by Gasteiger charge is -2.50. The van der Waals surface area contributed by atoms with Crippen LogP contribution in [-0.4, -0.2) is 182 Å². The van der Waals surface area contributed by atoms with Gasteiger partial charge in [-0.1, -0.05) is 31.2 Å².